The summed E-state index contributed by atoms with van der Waals surface area (Å²) in [5.41, 5.74) is 0. The first-order chi connectivity index (χ1) is 3.63. The molecule has 0 spiro atoms. The Kier molecular flexibility index (Phi) is 13.6. The van der Waals surface area contributed by atoms with Crippen molar-refractivity contribution in [1.29, 1.82) is 0 Å². The Balaban J connectivity index is -0.000000245. The largest absolute Gasteiger partial charge is 2.00 e. The van der Waals surface area contributed by atoms with E-state index in [1.165, 1.54) is 0 Å². The number of aliphatic carboxylic acids is 2. The summed E-state index contributed by atoms with van der Waals surface area (Å²) in [5, 5.41) is 18.8. The second kappa shape index (κ2) is 8.41. The van der Waals surface area contributed by atoms with Gasteiger partial charge in [-0.2, -0.15) is 0 Å². The van der Waals surface area contributed by atoms with Crippen molar-refractivity contribution in [2.45, 2.75) is 0 Å². The molecule has 0 radical (unpaired) electrons. The van der Waals surface area contributed by atoms with Gasteiger partial charge in [-0.25, -0.2) is 0 Å². The minimum absolute atomic E-state index is 0. The molecule has 0 heterocycles. The van der Waals surface area contributed by atoms with E-state index in [-0.39, 0.29) is 28.5 Å². The Morgan fingerprint density at radius 1 is 1.00 bits per heavy atom. The average Bonchev–Trinajstić information content (AvgIpc) is 1.61. The zero-order chi connectivity index (χ0) is 6.57. The number of carboxylic acids is 2. The predicted molar refractivity (Wildman–Crippen MR) is 28.5 cm³/mol. The molecule has 0 atom stereocenters. The van der Waals surface area contributed by atoms with Crippen molar-refractivity contribution in [3.8, 4) is 0 Å². The Hall–Kier alpha value is -0.594. The summed E-state index contributed by atoms with van der Waals surface area (Å²) in [7, 11) is 0. The van der Waals surface area contributed by atoms with Crippen LogP contribution < -0.4 is 10.2 Å². The van der Waals surface area contributed by atoms with Crippen LogP contribution in [0.5, 0.6) is 0 Å². The summed E-state index contributed by atoms with van der Waals surface area (Å²) in [6, 6.07) is 0. The third kappa shape index (κ3) is 15.7. The van der Waals surface area contributed by atoms with Crippen LogP contribution in [0, 0.1) is 0 Å². The molecule has 0 aromatic heterocycles. The minimum atomic E-state index is -1.55. The molecule has 0 bridgehead atoms. The van der Waals surface area contributed by atoms with E-state index in [4.69, 9.17) is 0 Å². The van der Waals surface area contributed by atoms with Crippen LogP contribution in [0.3, 0.4) is 0 Å². The molecule has 2 N–H and O–H groups in total. The van der Waals surface area contributed by atoms with Crippen LogP contribution in [0.15, 0.2) is 12.2 Å². The molecule has 0 aliphatic carbocycles. The van der Waals surface area contributed by atoms with Crippen LogP contribution >= 0.6 is 0 Å². The second-order valence-electron chi connectivity index (χ2n) is 0.971. The topological polar surface area (TPSA) is 112 Å². The molecule has 0 aliphatic rings. The van der Waals surface area contributed by atoms with E-state index in [9.17, 15) is 19.8 Å². The number of carboxylic acid groups (broad SMARTS) is 2. The molecular formula is C4H4MgO5. The number of hydrogen-bond acceptors (Lipinski definition) is 4. The maximum Gasteiger partial charge on any atom is 2.00 e. The molecule has 6 heteroatoms. The van der Waals surface area contributed by atoms with Crippen molar-refractivity contribution in [1.82, 2.24) is 0 Å². The van der Waals surface area contributed by atoms with E-state index in [1.54, 1.807) is 0 Å². The van der Waals surface area contributed by atoms with Gasteiger partial charge in [0, 0.05) is 0 Å². The molecule has 0 saturated heterocycles. The van der Waals surface area contributed by atoms with Crippen molar-refractivity contribution < 1.29 is 25.3 Å². The molecule has 5 nitrogen and oxygen atoms in total. The zero-order valence-electron chi connectivity index (χ0n) is 4.99. The second-order valence-corrected chi connectivity index (χ2v) is 0.971. The first kappa shape index (κ1) is 16.2. The maximum atomic E-state index is 9.41. The van der Waals surface area contributed by atoms with Gasteiger partial charge in [-0.1, -0.05) is 0 Å². The Labute approximate surface area is 72.8 Å². The molecule has 0 aromatic carbocycles. The van der Waals surface area contributed by atoms with E-state index in [2.05, 4.69) is 0 Å². The summed E-state index contributed by atoms with van der Waals surface area (Å²) in [6.45, 7) is 0. The van der Waals surface area contributed by atoms with Crippen LogP contribution in [0.1, 0.15) is 0 Å². The average molecular weight is 156 g/mol. The van der Waals surface area contributed by atoms with Gasteiger partial charge in [0.25, 0.3) is 0 Å². The Bertz CT molecular complexity index is 125. The Morgan fingerprint density at radius 3 is 1.30 bits per heavy atom. The Morgan fingerprint density at radius 2 is 1.20 bits per heavy atom. The SMILES string of the molecule is O.O=C([O-])C=CC(=O)[O-].[Mg+2]. The summed E-state index contributed by atoms with van der Waals surface area (Å²) in [6.07, 6.45) is 0.769. The van der Waals surface area contributed by atoms with Crippen LogP contribution in [0.2, 0.25) is 0 Å². The van der Waals surface area contributed by atoms with Crippen molar-refractivity contribution in [3.63, 3.8) is 0 Å². The number of rotatable bonds is 2. The summed E-state index contributed by atoms with van der Waals surface area (Å²) in [5.74, 6) is -3.09. The fourth-order valence-electron chi connectivity index (χ4n) is 0.136. The van der Waals surface area contributed by atoms with E-state index in [1.807, 2.05) is 0 Å². The first-order valence-electron chi connectivity index (χ1n) is 1.73. The van der Waals surface area contributed by atoms with Crippen molar-refractivity contribution in [2.24, 2.45) is 0 Å². The minimum Gasteiger partial charge on any atom is -0.545 e. The fraction of sp³-hybridized carbons (Fsp3) is 0. The van der Waals surface area contributed by atoms with Gasteiger partial charge in [0.1, 0.15) is 0 Å². The molecule has 0 unspecified atom stereocenters. The van der Waals surface area contributed by atoms with Gasteiger partial charge in [-0.3, -0.25) is 0 Å². The molecule has 0 rings (SSSR count). The summed E-state index contributed by atoms with van der Waals surface area (Å²) >= 11 is 0. The van der Waals surface area contributed by atoms with E-state index in [0.29, 0.717) is 12.2 Å². The third-order valence-corrected chi connectivity index (χ3v) is 0.355. The van der Waals surface area contributed by atoms with Gasteiger partial charge >= 0.3 is 23.1 Å². The van der Waals surface area contributed by atoms with Crippen LogP contribution in [-0.2, 0) is 9.59 Å². The summed E-state index contributed by atoms with van der Waals surface area (Å²) < 4.78 is 0. The molecule has 0 amide bonds. The van der Waals surface area contributed by atoms with E-state index < -0.39 is 11.9 Å². The normalized spacial score (nSPS) is 7.60. The molecule has 0 aromatic rings. The van der Waals surface area contributed by atoms with Crippen LogP contribution in [-0.4, -0.2) is 40.5 Å². The smallest absolute Gasteiger partial charge is 0.545 e. The van der Waals surface area contributed by atoms with Gasteiger partial charge in [0.2, 0.25) is 0 Å². The predicted octanol–water partition coefficient (Wildman–Crippen LogP) is -4.16. The van der Waals surface area contributed by atoms with Gasteiger partial charge < -0.3 is 25.3 Å². The van der Waals surface area contributed by atoms with Gasteiger partial charge in [-0.15, -0.1) is 0 Å². The molecular weight excluding hydrogens is 152 g/mol. The maximum absolute atomic E-state index is 9.41. The first-order valence-corrected chi connectivity index (χ1v) is 1.73. The number of carbonyl (C=O) groups is 2. The van der Waals surface area contributed by atoms with Crippen LogP contribution in [0.4, 0.5) is 0 Å². The molecule has 0 fully saturated rings. The molecule has 0 saturated carbocycles. The monoisotopic (exact) mass is 156 g/mol. The van der Waals surface area contributed by atoms with E-state index in [0.717, 1.165) is 0 Å². The van der Waals surface area contributed by atoms with Crippen LogP contribution in [0.25, 0.3) is 0 Å². The fourth-order valence-corrected chi connectivity index (χ4v) is 0.136. The zero-order valence-corrected chi connectivity index (χ0v) is 6.41. The quantitative estimate of drug-likeness (QED) is 0.298. The standard InChI is InChI=1S/C4H4O4.Mg.H2O/c5-3(6)1-2-4(7)8;;/h1-2H,(H,5,6)(H,7,8);;1H2/q;+2;/p-2. The van der Waals surface area contributed by atoms with Crippen molar-refractivity contribution >= 4 is 35.0 Å². The van der Waals surface area contributed by atoms with Crippen molar-refractivity contribution in [3.05, 3.63) is 12.2 Å². The molecule has 0 aliphatic heterocycles. The summed E-state index contributed by atoms with van der Waals surface area (Å²) in [4.78, 5) is 18.8. The third-order valence-electron chi connectivity index (χ3n) is 0.355. The van der Waals surface area contributed by atoms with Crippen molar-refractivity contribution in [2.75, 3.05) is 0 Å². The van der Waals surface area contributed by atoms with Gasteiger partial charge in [0.15, 0.2) is 0 Å². The van der Waals surface area contributed by atoms with E-state index >= 15 is 0 Å². The van der Waals surface area contributed by atoms with Gasteiger partial charge in [-0.05, 0) is 12.2 Å². The molecule has 10 heavy (non-hydrogen) atoms. The molecule has 52 valence electrons. The van der Waals surface area contributed by atoms with Gasteiger partial charge in [0.05, 0.1) is 11.9 Å². The number of carbonyl (C=O) groups excluding carboxylic acids is 2. The number of hydrogen-bond donors (Lipinski definition) is 0.